The molecule has 1 nitrogen and oxygen atoms in total. The molecule has 3 fully saturated rings. The van der Waals surface area contributed by atoms with Crippen LogP contribution in [0.2, 0.25) is 0 Å². The molecule has 0 N–H and O–H groups in total. The molecular formula is C20H37N. The molecule has 1 heteroatoms. The van der Waals surface area contributed by atoms with Crippen molar-refractivity contribution in [2.75, 3.05) is 0 Å². The molecule has 2 saturated carbocycles. The Balaban J connectivity index is 1.88. The van der Waals surface area contributed by atoms with E-state index in [1.807, 2.05) is 0 Å². The summed E-state index contributed by atoms with van der Waals surface area (Å²) in [6, 6.07) is 1.80. The second kappa shape index (κ2) is 6.60. The van der Waals surface area contributed by atoms with Gasteiger partial charge in [-0.15, -0.1) is 0 Å². The quantitative estimate of drug-likeness (QED) is 0.547. The first-order chi connectivity index (χ1) is 10.1. The van der Waals surface area contributed by atoms with E-state index in [1.54, 1.807) is 0 Å². The summed E-state index contributed by atoms with van der Waals surface area (Å²) < 4.78 is 0. The average Bonchev–Trinajstić information content (AvgIpc) is 2.61. The summed E-state index contributed by atoms with van der Waals surface area (Å²) in [6.07, 6.45) is 17.9. The molecule has 3 rings (SSSR count). The number of hydrogen-bond acceptors (Lipinski definition) is 1. The van der Waals surface area contributed by atoms with Gasteiger partial charge in [0, 0.05) is 17.6 Å². The lowest BCUT2D eigenvalue weighted by molar-refractivity contribution is 0.0499. The first-order valence-corrected chi connectivity index (χ1v) is 9.87. The number of hydrogen-bond donors (Lipinski definition) is 0. The number of nitrogens with zero attached hydrogens (tertiary/aromatic N) is 1. The molecular weight excluding hydrogens is 254 g/mol. The standard InChI is InChI=1S/C20H37N/c1-20(2,3)21-18-14-10-6-4-8-12-16(18)17-13-9-5-7-11-15-19(17)21/h16-19H,4-15H2,1-3H3. The minimum Gasteiger partial charge on any atom is -0.292 e. The molecule has 0 bridgehead atoms. The predicted octanol–water partition coefficient (Wildman–Crippen LogP) is 5.78. The first-order valence-electron chi connectivity index (χ1n) is 9.87. The van der Waals surface area contributed by atoms with E-state index < -0.39 is 0 Å². The maximum atomic E-state index is 3.01. The highest BCUT2D eigenvalue weighted by atomic mass is 15.3. The highest BCUT2D eigenvalue weighted by Gasteiger charge is 2.50. The Morgan fingerprint density at radius 1 is 0.571 bits per heavy atom. The van der Waals surface area contributed by atoms with Gasteiger partial charge < -0.3 is 0 Å². The van der Waals surface area contributed by atoms with Gasteiger partial charge in [0.05, 0.1) is 0 Å². The van der Waals surface area contributed by atoms with Gasteiger partial charge in [-0.1, -0.05) is 51.4 Å². The lowest BCUT2D eigenvalue weighted by atomic mass is 9.76. The Labute approximate surface area is 132 Å². The van der Waals surface area contributed by atoms with Crippen molar-refractivity contribution in [3.8, 4) is 0 Å². The molecule has 0 spiro atoms. The van der Waals surface area contributed by atoms with Crippen LogP contribution in [-0.2, 0) is 0 Å². The van der Waals surface area contributed by atoms with E-state index in [0.29, 0.717) is 5.54 Å². The van der Waals surface area contributed by atoms with Crippen molar-refractivity contribution in [1.82, 2.24) is 4.90 Å². The average molecular weight is 292 g/mol. The molecule has 0 aromatic heterocycles. The highest BCUT2D eigenvalue weighted by molar-refractivity contribution is 5.04. The van der Waals surface area contributed by atoms with Crippen LogP contribution in [0.4, 0.5) is 0 Å². The molecule has 4 unspecified atom stereocenters. The zero-order chi connectivity index (χ0) is 14.9. The van der Waals surface area contributed by atoms with Gasteiger partial charge in [-0.2, -0.15) is 0 Å². The molecule has 0 radical (unpaired) electrons. The van der Waals surface area contributed by atoms with Gasteiger partial charge in [0.25, 0.3) is 0 Å². The lowest BCUT2D eigenvalue weighted by Gasteiger charge is -2.43. The topological polar surface area (TPSA) is 3.24 Å². The third-order valence-corrected chi connectivity index (χ3v) is 6.60. The minimum atomic E-state index is 0.362. The fourth-order valence-corrected chi connectivity index (χ4v) is 5.92. The summed E-state index contributed by atoms with van der Waals surface area (Å²) in [5.74, 6) is 2.04. The van der Waals surface area contributed by atoms with Crippen LogP contribution < -0.4 is 0 Å². The van der Waals surface area contributed by atoms with E-state index >= 15 is 0 Å². The van der Waals surface area contributed by atoms with E-state index in [-0.39, 0.29) is 0 Å². The van der Waals surface area contributed by atoms with E-state index in [0.717, 1.165) is 23.9 Å². The largest absolute Gasteiger partial charge is 0.292 e. The Morgan fingerprint density at radius 2 is 0.952 bits per heavy atom. The molecule has 4 atom stereocenters. The zero-order valence-corrected chi connectivity index (χ0v) is 14.7. The van der Waals surface area contributed by atoms with E-state index in [9.17, 15) is 0 Å². The summed E-state index contributed by atoms with van der Waals surface area (Å²) in [4.78, 5) is 3.01. The van der Waals surface area contributed by atoms with Crippen molar-refractivity contribution in [3.63, 3.8) is 0 Å². The maximum absolute atomic E-state index is 3.01. The molecule has 1 aliphatic heterocycles. The van der Waals surface area contributed by atoms with Crippen molar-refractivity contribution < 1.29 is 0 Å². The molecule has 122 valence electrons. The zero-order valence-electron chi connectivity index (χ0n) is 14.7. The van der Waals surface area contributed by atoms with Crippen LogP contribution in [0.5, 0.6) is 0 Å². The Bertz CT molecular complexity index is 303. The van der Waals surface area contributed by atoms with Crippen LogP contribution in [0.25, 0.3) is 0 Å². The van der Waals surface area contributed by atoms with Crippen LogP contribution in [0.1, 0.15) is 97.8 Å². The highest BCUT2D eigenvalue weighted by Crippen LogP contribution is 2.49. The van der Waals surface area contributed by atoms with Gasteiger partial charge in [0.2, 0.25) is 0 Å². The molecule has 0 aromatic rings. The summed E-state index contributed by atoms with van der Waals surface area (Å²) in [5, 5.41) is 0. The summed E-state index contributed by atoms with van der Waals surface area (Å²) >= 11 is 0. The second-order valence-corrected chi connectivity index (χ2v) is 9.02. The molecule has 2 aliphatic carbocycles. The molecule has 1 heterocycles. The Kier molecular flexibility index (Phi) is 4.98. The third-order valence-electron chi connectivity index (χ3n) is 6.60. The number of likely N-dealkylation sites (tertiary alicyclic amines) is 1. The fraction of sp³-hybridized carbons (Fsp3) is 1.00. The first kappa shape index (κ1) is 15.8. The second-order valence-electron chi connectivity index (χ2n) is 9.02. The monoisotopic (exact) mass is 291 g/mol. The van der Waals surface area contributed by atoms with Crippen LogP contribution >= 0.6 is 0 Å². The van der Waals surface area contributed by atoms with Gasteiger partial charge in [-0.3, -0.25) is 4.90 Å². The minimum absolute atomic E-state index is 0.362. The van der Waals surface area contributed by atoms with Gasteiger partial charge >= 0.3 is 0 Å². The van der Waals surface area contributed by atoms with Crippen LogP contribution in [-0.4, -0.2) is 22.5 Å². The van der Waals surface area contributed by atoms with Crippen molar-refractivity contribution in [3.05, 3.63) is 0 Å². The summed E-state index contributed by atoms with van der Waals surface area (Å²) in [5.41, 5.74) is 0.362. The van der Waals surface area contributed by atoms with Crippen molar-refractivity contribution >= 4 is 0 Å². The van der Waals surface area contributed by atoms with E-state index in [4.69, 9.17) is 0 Å². The number of fused-ring (bicyclic) bond motifs is 3. The van der Waals surface area contributed by atoms with Gasteiger partial charge in [-0.05, 0) is 58.3 Å². The Morgan fingerprint density at radius 3 is 1.33 bits per heavy atom. The molecule has 3 aliphatic rings. The molecule has 21 heavy (non-hydrogen) atoms. The lowest BCUT2D eigenvalue weighted by Crippen LogP contribution is -2.50. The SMILES string of the molecule is CC(C)(C)N1C2CCCCCCC2C2CCCCCCC21. The molecule has 0 aromatic carbocycles. The van der Waals surface area contributed by atoms with Gasteiger partial charge in [0.1, 0.15) is 0 Å². The number of rotatable bonds is 0. The fourth-order valence-electron chi connectivity index (χ4n) is 5.92. The smallest absolute Gasteiger partial charge is 0.0135 e. The van der Waals surface area contributed by atoms with E-state index in [2.05, 4.69) is 25.7 Å². The predicted molar refractivity (Wildman–Crippen MR) is 91.6 cm³/mol. The van der Waals surface area contributed by atoms with Crippen molar-refractivity contribution in [2.24, 2.45) is 11.8 Å². The van der Waals surface area contributed by atoms with Crippen LogP contribution in [0.15, 0.2) is 0 Å². The van der Waals surface area contributed by atoms with E-state index in [1.165, 1.54) is 77.0 Å². The maximum Gasteiger partial charge on any atom is 0.0135 e. The normalized spacial score (nSPS) is 39.6. The van der Waals surface area contributed by atoms with Crippen LogP contribution in [0, 0.1) is 11.8 Å². The van der Waals surface area contributed by atoms with Gasteiger partial charge in [0.15, 0.2) is 0 Å². The summed E-state index contributed by atoms with van der Waals surface area (Å²) in [7, 11) is 0. The van der Waals surface area contributed by atoms with Crippen molar-refractivity contribution in [1.29, 1.82) is 0 Å². The molecule has 0 amide bonds. The van der Waals surface area contributed by atoms with Crippen molar-refractivity contribution in [2.45, 2.75) is 115 Å². The Hall–Kier alpha value is -0.0400. The third kappa shape index (κ3) is 3.33. The molecule has 1 saturated heterocycles. The summed E-state index contributed by atoms with van der Waals surface area (Å²) in [6.45, 7) is 7.43. The van der Waals surface area contributed by atoms with Crippen LogP contribution in [0.3, 0.4) is 0 Å². The van der Waals surface area contributed by atoms with Gasteiger partial charge in [-0.25, -0.2) is 0 Å².